The van der Waals surface area contributed by atoms with Crippen LogP contribution in [-0.2, 0) is 4.79 Å². The molecule has 1 spiro atoms. The van der Waals surface area contributed by atoms with Gasteiger partial charge in [-0.25, -0.2) is 5.01 Å². The SMILES string of the molecule is Cc1ccc(C2=NN(c3ccc(Cl)cc3)[C@@]3(C2)C(=O)Nc2ccccc2[C@H]3O)cc1. The molecule has 0 saturated carbocycles. The maximum Gasteiger partial charge on any atom is 0.255 e. The highest BCUT2D eigenvalue weighted by molar-refractivity contribution is 6.30. The monoisotopic (exact) mass is 417 g/mol. The summed E-state index contributed by atoms with van der Waals surface area (Å²) in [5, 5.41) is 21.5. The van der Waals surface area contributed by atoms with Crippen LogP contribution in [0.15, 0.2) is 77.9 Å². The number of halogens is 1. The van der Waals surface area contributed by atoms with Crippen LogP contribution >= 0.6 is 11.6 Å². The van der Waals surface area contributed by atoms with Crippen molar-refractivity contribution in [1.29, 1.82) is 0 Å². The van der Waals surface area contributed by atoms with Crippen LogP contribution < -0.4 is 10.3 Å². The molecule has 3 aromatic carbocycles. The Morgan fingerprint density at radius 3 is 2.50 bits per heavy atom. The van der Waals surface area contributed by atoms with Gasteiger partial charge in [0.15, 0.2) is 5.54 Å². The number of hydrogen-bond acceptors (Lipinski definition) is 4. The number of carbonyl (C=O) groups excluding carboxylic acids is 1. The van der Waals surface area contributed by atoms with Crippen molar-refractivity contribution in [3.05, 3.63) is 94.5 Å². The van der Waals surface area contributed by atoms with E-state index >= 15 is 0 Å². The summed E-state index contributed by atoms with van der Waals surface area (Å²) in [5.74, 6) is -0.283. The number of hydrogen-bond donors (Lipinski definition) is 2. The predicted molar refractivity (Wildman–Crippen MR) is 119 cm³/mol. The lowest BCUT2D eigenvalue weighted by Crippen LogP contribution is -2.59. The average Bonchev–Trinajstić information content (AvgIpc) is 3.15. The van der Waals surface area contributed by atoms with Crippen molar-refractivity contribution in [3.8, 4) is 0 Å². The van der Waals surface area contributed by atoms with E-state index in [0.717, 1.165) is 16.8 Å². The van der Waals surface area contributed by atoms with Crippen molar-refractivity contribution < 1.29 is 9.90 Å². The minimum Gasteiger partial charge on any atom is -0.385 e. The van der Waals surface area contributed by atoms with E-state index in [1.807, 2.05) is 61.5 Å². The van der Waals surface area contributed by atoms with Gasteiger partial charge in [0.05, 0.1) is 11.4 Å². The summed E-state index contributed by atoms with van der Waals surface area (Å²) >= 11 is 6.08. The topological polar surface area (TPSA) is 64.9 Å². The van der Waals surface area contributed by atoms with Crippen LogP contribution in [0.1, 0.15) is 29.2 Å². The van der Waals surface area contributed by atoms with E-state index in [9.17, 15) is 9.90 Å². The third kappa shape index (κ3) is 2.82. The number of hydrazone groups is 1. The van der Waals surface area contributed by atoms with Gasteiger partial charge in [-0.1, -0.05) is 59.6 Å². The second kappa shape index (κ2) is 6.97. The minimum absolute atomic E-state index is 0.278. The molecular formula is C24H20ClN3O2. The number of carbonyl (C=O) groups is 1. The van der Waals surface area contributed by atoms with Gasteiger partial charge < -0.3 is 10.4 Å². The third-order valence-electron chi connectivity index (χ3n) is 5.84. The molecule has 2 aliphatic heterocycles. The lowest BCUT2D eigenvalue weighted by Gasteiger charge is -2.43. The van der Waals surface area contributed by atoms with Crippen LogP contribution in [0.2, 0.25) is 5.02 Å². The number of anilines is 2. The number of nitrogens with zero attached hydrogens (tertiary/aromatic N) is 2. The molecule has 2 atom stereocenters. The Morgan fingerprint density at radius 1 is 1.07 bits per heavy atom. The number of rotatable bonds is 2. The second-order valence-corrected chi connectivity index (χ2v) is 8.18. The van der Waals surface area contributed by atoms with Crippen molar-refractivity contribution in [3.63, 3.8) is 0 Å². The van der Waals surface area contributed by atoms with E-state index in [2.05, 4.69) is 5.32 Å². The lowest BCUT2D eigenvalue weighted by atomic mass is 9.78. The molecule has 2 N–H and O–H groups in total. The van der Waals surface area contributed by atoms with Crippen molar-refractivity contribution in [1.82, 2.24) is 0 Å². The van der Waals surface area contributed by atoms with Gasteiger partial charge >= 0.3 is 0 Å². The van der Waals surface area contributed by atoms with Gasteiger partial charge in [0.2, 0.25) is 0 Å². The van der Waals surface area contributed by atoms with Crippen LogP contribution in [0, 0.1) is 6.92 Å². The lowest BCUT2D eigenvalue weighted by molar-refractivity contribution is -0.125. The van der Waals surface area contributed by atoms with Gasteiger partial charge in [0.25, 0.3) is 5.91 Å². The summed E-state index contributed by atoms with van der Waals surface area (Å²) in [7, 11) is 0. The van der Waals surface area contributed by atoms with Crippen molar-refractivity contribution >= 4 is 34.6 Å². The molecule has 0 unspecified atom stereocenters. The summed E-state index contributed by atoms with van der Waals surface area (Å²) in [4.78, 5) is 13.5. The van der Waals surface area contributed by atoms with Crippen LogP contribution in [0.3, 0.4) is 0 Å². The summed E-state index contributed by atoms with van der Waals surface area (Å²) < 4.78 is 0. The van der Waals surface area contributed by atoms with Crippen molar-refractivity contribution in [2.45, 2.75) is 25.0 Å². The van der Waals surface area contributed by atoms with Crippen LogP contribution in [0.4, 0.5) is 11.4 Å². The quantitative estimate of drug-likeness (QED) is 0.635. The van der Waals surface area contributed by atoms with E-state index in [-0.39, 0.29) is 12.3 Å². The number of fused-ring (bicyclic) bond motifs is 1. The summed E-state index contributed by atoms with van der Waals surface area (Å²) in [6.07, 6.45) is -0.773. The average molecular weight is 418 g/mol. The van der Waals surface area contributed by atoms with Gasteiger partial charge in [-0.05, 0) is 42.8 Å². The number of aliphatic hydroxyl groups is 1. The number of nitrogens with one attached hydrogen (secondary N) is 1. The zero-order valence-corrected chi connectivity index (χ0v) is 17.1. The van der Waals surface area contributed by atoms with Gasteiger partial charge in [-0.15, -0.1) is 0 Å². The van der Waals surface area contributed by atoms with Crippen molar-refractivity contribution in [2.75, 3.05) is 10.3 Å². The first-order chi connectivity index (χ1) is 14.5. The molecule has 150 valence electrons. The predicted octanol–water partition coefficient (Wildman–Crippen LogP) is 4.69. The Bertz CT molecular complexity index is 1160. The Hall–Kier alpha value is -3.15. The van der Waals surface area contributed by atoms with E-state index in [1.165, 1.54) is 0 Å². The molecule has 0 radical (unpaired) electrons. The molecule has 5 nitrogen and oxygen atoms in total. The maximum atomic E-state index is 13.5. The normalized spacial score (nSPS) is 22.6. The smallest absolute Gasteiger partial charge is 0.255 e. The van der Waals surface area contributed by atoms with E-state index < -0.39 is 11.6 Å². The molecule has 0 aliphatic carbocycles. The minimum atomic E-state index is -1.29. The fraction of sp³-hybridized carbons (Fsp3) is 0.167. The molecule has 30 heavy (non-hydrogen) atoms. The maximum absolute atomic E-state index is 13.5. The fourth-order valence-electron chi connectivity index (χ4n) is 4.20. The Morgan fingerprint density at radius 2 is 1.77 bits per heavy atom. The zero-order chi connectivity index (χ0) is 20.9. The summed E-state index contributed by atoms with van der Waals surface area (Å²) in [5.41, 5.74) is 3.52. The number of benzene rings is 3. The highest BCUT2D eigenvalue weighted by Crippen LogP contribution is 2.48. The number of aryl methyl sites for hydroxylation is 1. The molecule has 0 saturated heterocycles. The molecule has 3 aromatic rings. The first-order valence-electron chi connectivity index (χ1n) is 9.78. The largest absolute Gasteiger partial charge is 0.385 e. The Balaban J connectivity index is 1.67. The van der Waals surface area contributed by atoms with Gasteiger partial charge in [-0.3, -0.25) is 4.79 Å². The first-order valence-corrected chi connectivity index (χ1v) is 10.2. The molecule has 2 aliphatic rings. The fourth-order valence-corrected chi connectivity index (χ4v) is 4.33. The Kier molecular flexibility index (Phi) is 4.38. The molecule has 0 bridgehead atoms. The van der Waals surface area contributed by atoms with E-state index in [4.69, 9.17) is 16.7 Å². The Labute approximate surface area is 179 Å². The molecule has 0 fully saturated rings. The van der Waals surface area contributed by atoms with Crippen LogP contribution in [-0.4, -0.2) is 22.3 Å². The van der Waals surface area contributed by atoms with Crippen LogP contribution in [0.5, 0.6) is 0 Å². The molecule has 0 aromatic heterocycles. The molecular weight excluding hydrogens is 398 g/mol. The van der Waals surface area contributed by atoms with Crippen molar-refractivity contribution in [2.24, 2.45) is 5.10 Å². The second-order valence-electron chi connectivity index (χ2n) is 7.75. The number of amides is 1. The van der Waals surface area contributed by atoms with Crippen LogP contribution in [0.25, 0.3) is 0 Å². The third-order valence-corrected chi connectivity index (χ3v) is 6.09. The zero-order valence-electron chi connectivity index (χ0n) is 16.3. The first kappa shape index (κ1) is 18.9. The molecule has 1 amide bonds. The molecule has 6 heteroatoms. The van der Waals surface area contributed by atoms with Gasteiger partial charge in [0.1, 0.15) is 6.10 Å². The van der Waals surface area contributed by atoms with Gasteiger partial charge in [-0.2, -0.15) is 5.10 Å². The summed E-state index contributed by atoms with van der Waals surface area (Å²) in [6, 6.07) is 22.5. The number of aliphatic hydroxyl groups excluding tert-OH is 1. The van der Waals surface area contributed by atoms with Gasteiger partial charge in [0, 0.05) is 22.7 Å². The molecule has 5 rings (SSSR count). The standard InChI is InChI=1S/C24H20ClN3O2/c1-15-6-8-16(9-7-15)21-14-24(28(27-21)18-12-10-17(25)11-13-18)22(29)19-4-2-3-5-20(19)26-23(24)30/h2-13,22,29H,14H2,1H3,(H,26,30)/t22-,24-/m1/s1. The highest BCUT2D eigenvalue weighted by atomic mass is 35.5. The van der Waals surface area contributed by atoms with E-state index in [0.29, 0.717) is 22.0 Å². The summed E-state index contributed by atoms with van der Waals surface area (Å²) in [6.45, 7) is 2.02. The highest BCUT2D eigenvalue weighted by Gasteiger charge is 2.58. The number of para-hydroxylation sites is 1. The van der Waals surface area contributed by atoms with E-state index in [1.54, 1.807) is 23.2 Å². The molecule has 2 heterocycles.